The Labute approximate surface area is 159 Å². The van der Waals surface area contributed by atoms with E-state index in [0.717, 1.165) is 16.7 Å². The Hall–Kier alpha value is -3.42. The van der Waals surface area contributed by atoms with Gasteiger partial charge in [-0.15, -0.1) is 0 Å². The number of carbonyl (C=O) groups is 1. The summed E-state index contributed by atoms with van der Waals surface area (Å²) in [4.78, 5) is 11.6. The van der Waals surface area contributed by atoms with Crippen molar-refractivity contribution >= 4 is 5.97 Å². The molecule has 0 aliphatic rings. The van der Waals surface area contributed by atoms with Crippen LogP contribution in [0.1, 0.15) is 38.7 Å². The zero-order valence-corrected chi connectivity index (χ0v) is 15.1. The van der Waals surface area contributed by atoms with E-state index in [4.69, 9.17) is 4.74 Å². The minimum atomic E-state index is -0.343. The molecule has 1 unspecified atom stereocenters. The lowest BCUT2D eigenvalue weighted by Gasteiger charge is -2.20. The van der Waals surface area contributed by atoms with E-state index in [0.29, 0.717) is 17.7 Å². The van der Waals surface area contributed by atoms with Crippen molar-refractivity contribution in [2.24, 2.45) is 0 Å². The van der Waals surface area contributed by atoms with E-state index < -0.39 is 0 Å². The zero-order chi connectivity index (χ0) is 19.1. The average Bonchev–Trinajstić information content (AvgIpc) is 2.74. The van der Waals surface area contributed by atoms with Gasteiger partial charge in [-0.1, -0.05) is 54.6 Å². The van der Waals surface area contributed by atoms with Crippen molar-refractivity contribution in [3.63, 3.8) is 0 Å². The molecule has 3 aromatic carbocycles. The van der Waals surface area contributed by atoms with Crippen LogP contribution in [0.4, 0.5) is 0 Å². The van der Waals surface area contributed by atoms with Gasteiger partial charge in [0.2, 0.25) is 0 Å². The van der Waals surface area contributed by atoms with Gasteiger partial charge in [-0.05, 0) is 41.0 Å². The van der Waals surface area contributed by atoms with Crippen LogP contribution < -0.4 is 5.32 Å². The molecule has 0 saturated heterocycles. The number of esters is 1. The Bertz CT molecular complexity index is 944. The van der Waals surface area contributed by atoms with Gasteiger partial charge >= 0.3 is 5.97 Å². The summed E-state index contributed by atoms with van der Waals surface area (Å²) >= 11 is 0. The van der Waals surface area contributed by atoms with E-state index in [1.807, 2.05) is 48.5 Å². The molecule has 0 aliphatic heterocycles. The van der Waals surface area contributed by atoms with Gasteiger partial charge < -0.3 is 10.1 Å². The molecule has 0 saturated carbocycles. The summed E-state index contributed by atoms with van der Waals surface area (Å²) in [6.45, 7) is 0.623. The highest BCUT2D eigenvalue weighted by Gasteiger charge is 2.14. The monoisotopic (exact) mass is 356 g/mol. The quantitative estimate of drug-likeness (QED) is 0.672. The van der Waals surface area contributed by atoms with Crippen molar-refractivity contribution in [3.05, 3.63) is 107 Å². The molecule has 27 heavy (non-hydrogen) atoms. The van der Waals surface area contributed by atoms with Crippen LogP contribution in [0.15, 0.2) is 78.9 Å². The molecular formula is C23H20N2O2. The maximum absolute atomic E-state index is 11.6. The molecule has 3 rings (SSSR count). The van der Waals surface area contributed by atoms with Gasteiger partial charge in [-0.2, -0.15) is 5.26 Å². The number of nitriles is 1. The van der Waals surface area contributed by atoms with Crippen molar-refractivity contribution < 1.29 is 9.53 Å². The average molecular weight is 356 g/mol. The first-order valence-corrected chi connectivity index (χ1v) is 8.67. The van der Waals surface area contributed by atoms with E-state index >= 15 is 0 Å². The molecule has 0 aliphatic carbocycles. The normalized spacial score (nSPS) is 11.4. The predicted molar refractivity (Wildman–Crippen MR) is 104 cm³/mol. The summed E-state index contributed by atoms with van der Waals surface area (Å²) in [6, 6.07) is 27.3. The molecule has 0 heterocycles. The second-order valence-corrected chi connectivity index (χ2v) is 6.15. The molecule has 0 radical (unpaired) electrons. The van der Waals surface area contributed by atoms with Crippen LogP contribution in [-0.2, 0) is 11.3 Å². The number of hydrogen-bond acceptors (Lipinski definition) is 4. The summed E-state index contributed by atoms with van der Waals surface area (Å²) in [6.07, 6.45) is 0. The van der Waals surface area contributed by atoms with E-state index in [9.17, 15) is 10.1 Å². The molecule has 4 nitrogen and oxygen atoms in total. The Kier molecular flexibility index (Phi) is 5.98. The van der Waals surface area contributed by atoms with Gasteiger partial charge in [0.25, 0.3) is 0 Å². The van der Waals surface area contributed by atoms with Gasteiger partial charge in [-0.3, -0.25) is 0 Å². The first-order valence-electron chi connectivity index (χ1n) is 8.67. The van der Waals surface area contributed by atoms with Gasteiger partial charge in [0.15, 0.2) is 0 Å². The molecule has 0 aromatic heterocycles. The summed E-state index contributed by atoms with van der Waals surface area (Å²) in [5, 5.41) is 12.8. The fraction of sp³-hybridized carbons (Fsp3) is 0.130. The van der Waals surface area contributed by atoms with Crippen LogP contribution in [0.3, 0.4) is 0 Å². The number of rotatable bonds is 6. The molecule has 1 N–H and O–H groups in total. The maximum Gasteiger partial charge on any atom is 0.337 e. The van der Waals surface area contributed by atoms with Gasteiger partial charge in [0, 0.05) is 6.54 Å². The Morgan fingerprint density at radius 3 is 2.37 bits per heavy atom. The number of nitrogens with one attached hydrogen (secondary N) is 1. The summed E-state index contributed by atoms with van der Waals surface area (Å²) in [5.41, 5.74) is 4.38. The first kappa shape index (κ1) is 18.4. The lowest BCUT2D eigenvalue weighted by atomic mass is 9.97. The largest absolute Gasteiger partial charge is 0.465 e. The zero-order valence-electron chi connectivity index (χ0n) is 15.1. The second-order valence-electron chi connectivity index (χ2n) is 6.15. The lowest BCUT2D eigenvalue weighted by Crippen LogP contribution is -2.22. The molecule has 0 spiro atoms. The van der Waals surface area contributed by atoms with Gasteiger partial charge in [-0.25, -0.2) is 4.79 Å². The van der Waals surface area contributed by atoms with Crippen molar-refractivity contribution in [1.29, 1.82) is 5.26 Å². The van der Waals surface area contributed by atoms with E-state index in [1.165, 1.54) is 7.11 Å². The third-order valence-corrected chi connectivity index (χ3v) is 4.37. The Balaban J connectivity index is 1.82. The van der Waals surface area contributed by atoms with Gasteiger partial charge in [0.05, 0.1) is 30.3 Å². The molecule has 1 atom stereocenters. The number of hydrogen-bond donors (Lipinski definition) is 1. The summed E-state index contributed by atoms with van der Waals surface area (Å²) < 4.78 is 4.73. The highest BCUT2D eigenvalue weighted by Crippen LogP contribution is 2.23. The summed E-state index contributed by atoms with van der Waals surface area (Å²) in [5.74, 6) is -0.343. The fourth-order valence-electron chi connectivity index (χ4n) is 2.96. The van der Waals surface area contributed by atoms with E-state index in [1.54, 1.807) is 18.2 Å². The fourth-order valence-corrected chi connectivity index (χ4v) is 2.96. The first-order chi connectivity index (χ1) is 13.2. The molecule has 0 bridgehead atoms. The second kappa shape index (κ2) is 8.79. The van der Waals surface area contributed by atoms with Crippen molar-refractivity contribution in [1.82, 2.24) is 5.32 Å². The number of carbonyl (C=O) groups excluding carboxylic acids is 1. The number of methoxy groups -OCH3 is 1. The van der Waals surface area contributed by atoms with Gasteiger partial charge in [0.1, 0.15) is 0 Å². The van der Waals surface area contributed by atoms with E-state index in [-0.39, 0.29) is 12.0 Å². The van der Waals surface area contributed by atoms with Crippen molar-refractivity contribution in [3.8, 4) is 6.07 Å². The highest BCUT2D eigenvalue weighted by atomic mass is 16.5. The standard InChI is InChI=1S/C23H20N2O2/c1-27-23(26)20-12-10-17(11-13-20)16-25-22(19-7-3-2-4-8-19)21-9-5-6-18(14-21)15-24/h2-14,22,25H,16H2,1H3. The molecule has 0 fully saturated rings. The number of benzene rings is 3. The highest BCUT2D eigenvalue weighted by molar-refractivity contribution is 5.89. The van der Waals surface area contributed by atoms with Crippen molar-refractivity contribution in [2.45, 2.75) is 12.6 Å². The van der Waals surface area contributed by atoms with Crippen LogP contribution in [0, 0.1) is 11.3 Å². The molecular weight excluding hydrogens is 336 g/mol. The Morgan fingerprint density at radius 1 is 1.00 bits per heavy atom. The van der Waals surface area contributed by atoms with Crippen LogP contribution in [-0.4, -0.2) is 13.1 Å². The van der Waals surface area contributed by atoms with Crippen LogP contribution >= 0.6 is 0 Å². The Morgan fingerprint density at radius 2 is 1.70 bits per heavy atom. The molecule has 0 amide bonds. The third-order valence-electron chi connectivity index (χ3n) is 4.37. The maximum atomic E-state index is 11.6. The van der Waals surface area contributed by atoms with Crippen molar-refractivity contribution in [2.75, 3.05) is 7.11 Å². The SMILES string of the molecule is COC(=O)c1ccc(CNC(c2ccccc2)c2cccc(C#N)c2)cc1. The van der Waals surface area contributed by atoms with E-state index in [2.05, 4.69) is 23.5 Å². The molecule has 134 valence electrons. The minimum Gasteiger partial charge on any atom is -0.465 e. The smallest absolute Gasteiger partial charge is 0.337 e. The molecule has 4 heteroatoms. The topological polar surface area (TPSA) is 62.1 Å². The van der Waals surface area contributed by atoms with Crippen LogP contribution in [0.5, 0.6) is 0 Å². The minimum absolute atomic E-state index is 0.0419. The van der Waals surface area contributed by atoms with Crippen LogP contribution in [0.25, 0.3) is 0 Å². The lowest BCUT2D eigenvalue weighted by molar-refractivity contribution is 0.0600. The third kappa shape index (κ3) is 4.60. The summed E-state index contributed by atoms with van der Waals surface area (Å²) in [7, 11) is 1.37. The number of ether oxygens (including phenoxy) is 1. The van der Waals surface area contributed by atoms with Crippen LogP contribution in [0.2, 0.25) is 0 Å². The predicted octanol–water partition coefficient (Wildman–Crippen LogP) is 4.22. The number of nitrogens with zero attached hydrogens (tertiary/aromatic N) is 1. The molecule has 3 aromatic rings.